The van der Waals surface area contributed by atoms with Gasteiger partial charge in [-0.15, -0.1) is 0 Å². The predicted molar refractivity (Wildman–Crippen MR) is 181 cm³/mol. The Hall–Kier alpha value is -4.35. The Morgan fingerprint density at radius 3 is 2.27 bits per heavy atom. The van der Waals surface area contributed by atoms with Crippen LogP contribution in [-0.2, 0) is 11.3 Å². The molecule has 258 valence electrons. The molecule has 0 aliphatic carbocycles. The number of carbonyl (C=O) groups is 3. The first-order valence-electron chi connectivity index (χ1n) is 16.7. The minimum Gasteiger partial charge on any atom is -0.433 e. The lowest BCUT2D eigenvalue weighted by Gasteiger charge is -2.46. The Kier molecular flexibility index (Phi) is 13.9. The normalized spacial score (nSPS) is 16.4. The smallest absolute Gasteiger partial charge is 0.411 e. The van der Waals surface area contributed by atoms with Crippen molar-refractivity contribution in [2.45, 2.75) is 58.2 Å². The van der Waals surface area contributed by atoms with Crippen LogP contribution in [0.5, 0.6) is 0 Å². The maximum Gasteiger partial charge on any atom is 0.411 e. The monoisotopic (exact) mass is 663 g/mol. The largest absolute Gasteiger partial charge is 0.433 e. The Morgan fingerprint density at radius 2 is 1.58 bits per heavy atom. The summed E-state index contributed by atoms with van der Waals surface area (Å²) in [5.41, 5.74) is 2.32. The zero-order valence-electron chi connectivity index (χ0n) is 28.1. The molecule has 2 N–H and O–H groups in total. The van der Waals surface area contributed by atoms with E-state index in [0.717, 1.165) is 24.5 Å². The van der Waals surface area contributed by atoms with Gasteiger partial charge in [0.1, 0.15) is 18.4 Å². The van der Waals surface area contributed by atoms with Gasteiger partial charge in [-0.25, -0.2) is 13.6 Å². The second-order valence-electron chi connectivity index (χ2n) is 12.1. The molecule has 3 aromatic carbocycles. The van der Waals surface area contributed by atoms with Crippen LogP contribution < -0.4 is 10.6 Å². The lowest BCUT2D eigenvalue weighted by molar-refractivity contribution is 0.0148. The van der Waals surface area contributed by atoms with Gasteiger partial charge in [0.05, 0.1) is 12.1 Å². The number of carbonyl (C=O) groups excluding carboxylic acids is 3. The number of benzene rings is 3. The van der Waals surface area contributed by atoms with Crippen molar-refractivity contribution in [3.8, 4) is 0 Å². The Balaban J connectivity index is 1.42. The van der Waals surface area contributed by atoms with Crippen LogP contribution >= 0.6 is 0 Å². The van der Waals surface area contributed by atoms with E-state index < -0.39 is 29.8 Å². The highest BCUT2D eigenvalue weighted by Gasteiger charge is 2.39. The highest BCUT2D eigenvalue weighted by Crippen LogP contribution is 2.34. The number of ether oxygens (including phenoxy) is 1. The van der Waals surface area contributed by atoms with Crippen molar-refractivity contribution < 1.29 is 27.9 Å². The van der Waals surface area contributed by atoms with Crippen LogP contribution in [0.25, 0.3) is 0 Å². The Bertz CT molecular complexity index is 1480. The van der Waals surface area contributed by atoms with Crippen LogP contribution in [0.1, 0.15) is 77.4 Å². The number of rotatable bonds is 15. The summed E-state index contributed by atoms with van der Waals surface area (Å²) in [5.74, 6) is -1.80. The first-order chi connectivity index (χ1) is 23.2. The summed E-state index contributed by atoms with van der Waals surface area (Å²) in [6.07, 6.45) is 2.08. The van der Waals surface area contributed by atoms with Crippen molar-refractivity contribution in [2.24, 2.45) is 0 Å². The van der Waals surface area contributed by atoms with E-state index in [4.69, 9.17) is 4.74 Å². The van der Waals surface area contributed by atoms with Gasteiger partial charge in [-0.05, 0) is 74.2 Å². The second kappa shape index (κ2) is 18.3. The molecule has 1 aliphatic rings. The molecule has 2 unspecified atom stereocenters. The first-order valence-corrected chi connectivity index (χ1v) is 16.7. The lowest BCUT2D eigenvalue weighted by Crippen LogP contribution is -2.56. The van der Waals surface area contributed by atoms with Gasteiger partial charge in [0, 0.05) is 56.5 Å². The number of nitrogens with zero attached hydrogens (tertiary/aromatic N) is 3. The molecule has 1 fully saturated rings. The van der Waals surface area contributed by atoms with Crippen LogP contribution in [0.15, 0.2) is 72.8 Å². The van der Waals surface area contributed by atoms with E-state index in [1.807, 2.05) is 56.1 Å². The third-order valence-corrected chi connectivity index (χ3v) is 8.47. The van der Waals surface area contributed by atoms with E-state index in [0.29, 0.717) is 68.8 Å². The van der Waals surface area contributed by atoms with Crippen LogP contribution in [0.3, 0.4) is 0 Å². The number of halogens is 2. The van der Waals surface area contributed by atoms with Crippen molar-refractivity contribution in [3.05, 3.63) is 107 Å². The average Bonchev–Trinajstić information content (AvgIpc) is 3.08. The van der Waals surface area contributed by atoms with Crippen molar-refractivity contribution in [1.82, 2.24) is 25.3 Å². The molecule has 0 bridgehead atoms. The number of hydrogen-bond acceptors (Lipinski definition) is 6. The summed E-state index contributed by atoms with van der Waals surface area (Å²) in [5, 5.41) is 6.04. The lowest BCUT2D eigenvalue weighted by atomic mass is 9.91. The van der Waals surface area contributed by atoms with Crippen LogP contribution in [0, 0.1) is 11.6 Å². The molecule has 48 heavy (non-hydrogen) atoms. The minimum atomic E-state index is -0.692. The molecule has 0 saturated carbocycles. The highest BCUT2D eigenvalue weighted by molar-refractivity contribution is 5.99. The van der Waals surface area contributed by atoms with Gasteiger partial charge in [-0.1, -0.05) is 50.2 Å². The number of amides is 3. The summed E-state index contributed by atoms with van der Waals surface area (Å²) < 4.78 is 34.3. The maximum atomic E-state index is 14.4. The van der Waals surface area contributed by atoms with Gasteiger partial charge in [-0.2, -0.15) is 0 Å². The fraction of sp³-hybridized carbons (Fsp3) is 0.432. The number of nitrogens with one attached hydrogen (secondary N) is 2. The zero-order valence-corrected chi connectivity index (χ0v) is 28.1. The topological polar surface area (TPSA) is 94.2 Å². The molecule has 3 amide bonds. The second-order valence-corrected chi connectivity index (χ2v) is 12.1. The van der Waals surface area contributed by atoms with Gasteiger partial charge < -0.3 is 19.9 Å². The van der Waals surface area contributed by atoms with Gasteiger partial charge >= 0.3 is 6.09 Å². The third-order valence-electron chi connectivity index (χ3n) is 8.47. The fourth-order valence-electron chi connectivity index (χ4n) is 6.23. The average molecular weight is 664 g/mol. The number of hydrogen-bond donors (Lipinski definition) is 2. The zero-order chi connectivity index (χ0) is 34.5. The van der Waals surface area contributed by atoms with Crippen molar-refractivity contribution in [2.75, 3.05) is 46.5 Å². The quantitative estimate of drug-likeness (QED) is 0.154. The molecule has 4 rings (SSSR count). The molecule has 1 saturated heterocycles. The van der Waals surface area contributed by atoms with E-state index in [2.05, 4.69) is 10.6 Å². The SMILES string of the molecule is CCCN(CCC)C(=O)c1cccc(C(=O)NCCCC2C(c3cc(F)cc(F)c3)N(C)CCN2C(=O)OCNCc2ccccc2)c1. The van der Waals surface area contributed by atoms with E-state index >= 15 is 0 Å². The molecular weight excluding hydrogens is 616 g/mol. The Labute approximate surface area is 282 Å². The van der Waals surface area contributed by atoms with Gasteiger partial charge in [0.25, 0.3) is 11.8 Å². The summed E-state index contributed by atoms with van der Waals surface area (Å²) in [6, 6.07) is 18.9. The predicted octanol–water partition coefficient (Wildman–Crippen LogP) is 5.98. The molecule has 2 atom stereocenters. The van der Waals surface area contributed by atoms with Gasteiger partial charge in [0.2, 0.25) is 0 Å². The van der Waals surface area contributed by atoms with E-state index in [9.17, 15) is 23.2 Å². The number of likely N-dealkylation sites (N-methyl/N-ethyl adjacent to an activating group) is 1. The van der Waals surface area contributed by atoms with E-state index in [-0.39, 0.29) is 18.5 Å². The van der Waals surface area contributed by atoms with Gasteiger partial charge in [0.15, 0.2) is 0 Å². The molecule has 0 spiro atoms. The summed E-state index contributed by atoms with van der Waals surface area (Å²) in [7, 11) is 1.86. The molecule has 0 aromatic heterocycles. The van der Waals surface area contributed by atoms with Crippen molar-refractivity contribution in [3.63, 3.8) is 0 Å². The summed E-state index contributed by atoms with van der Waals surface area (Å²) in [6.45, 7) is 7.01. The van der Waals surface area contributed by atoms with Crippen molar-refractivity contribution >= 4 is 17.9 Å². The Morgan fingerprint density at radius 1 is 0.896 bits per heavy atom. The van der Waals surface area contributed by atoms with E-state index in [1.165, 1.54) is 12.1 Å². The maximum absolute atomic E-state index is 14.4. The molecule has 3 aromatic rings. The molecule has 9 nitrogen and oxygen atoms in total. The molecule has 1 heterocycles. The summed E-state index contributed by atoms with van der Waals surface area (Å²) in [4.78, 5) is 45.0. The molecule has 1 aliphatic heterocycles. The van der Waals surface area contributed by atoms with Crippen molar-refractivity contribution in [1.29, 1.82) is 0 Å². The van der Waals surface area contributed by atoms with E-state index in [1.54, 1.807) is 34.1 Å². The van der Waals surface area contributed by atoms with Gasteiger partial charge in [-0.3, -0.25) is 19.8 Å². The van der Waals surface area contributed by atoms with Crippen LogP contribution in [0.4, 0.5) is 13.6 Å². The molecule has 0 radical (unpaired) electrons. The molecule has 11 heteroatoms. The first kappa shape index (κ1) is 36.5. The van der Waals surface area contributed by atoms with Crippen LogP contribution in [0.2, 0.25) is 0 Å². The fourth-order valence-corrected chi connectivity index (χ4v) is 6.23. The standard InChI is InChI=1S/C37H47F2N5O4/c1-4-17-43(18-5-2)36(46)29-14-9-13-28(21-29)35(45)41-16-10-15-33-34(30-22-31(38)24-32(39)23-30)42(3)19-20-44(33)37(47)48-26-40-25-27-11-7-6-8-12-27/h6-9,11-14,21-24,33-34,40H,4-5,10,15-20,25-26H2,1-3H3,(H,41,45). The summed E-state index contributed by atoms with van der Waals surface area (Å²) >= 11 is 0. The highest BCUT2D eigenvalue weighted by atomic mass is 19.1. The van der Waals surface area contributed by atoms with Crippen LogP contribution in [-0.4, -0.2) is 85.2 Å². The minimum absolute atomic E-state index is 0.00167. The number of piperazine rings is 1. The molecular formula is C37H47F2N5O4. The third kappa shape index (κ3) is 10.1.